The molecular formula is C22H20N4O2. The highest BCUT2D eigenvalue weighted by molar-refractivity contribution is 5.93. The van der Waals surface area contributed by atoms with Gasteiger partial charge in [-0.15, -0.1) is 0 Å². The molecule has 0 aliphatic heterocycles. The molecule has 0 fully saturated rings. The number of carbonyl (C=O) groups excluding carboxylic acids is 1. The summed E-state index contributed by atoms with van der Waals surface area (Å²) in [5.74, 6) is -0.524. The Morgan fingerprint density at radius 3 is 2.54 bits per heavy atom. The normalized spacial score (nSPS) is 10.8. The van der Waals surface area contributed by atoms with Gasteiger partial charge in [0, 0.05) is 36.3 Å². The van der Waals surface area contributed by atoms with Gasteiger partial charge in [-0.2, -0.15) is 0 Å². The van der Waals surface area contributed by atoms with Crippen molar-refractivity contribution in [3.63, 3.8) is 0 Å². The maximum absolute atomic E-state index is 11.4. The van der Waals surface area contributed by atoms with Gasteiger partial charge in [0.05, 0.1) is 5.69 Å². The quantitative estimate of drug-likeness (QED) is 0.365. The van der Waals surface area contributed by atoms with Crippen LogP contribution >= 0.6 is 0 Å². The Bertz CT molecular complexity index is 1120. The van der Waals surface area contributed by atoms with Crippen LogP contribution < -0.4 is 10.8 Å². The van der Waals surface area contributed by atoms with Gasteiger partial charge in [0.1, 0.15) is 0 Å². The standard InChI is InChI=1S/C22H20N4O2/c1-15-2-6-17(7-3-15)19-12-20(21-23-10-11-26(21)14-19)24-13-16-4-8-18(9-5-16)22(27)25-28/h2-12,14,24,28H,13H2,1H3,(H,25,27). The number of fused-ring (bicyclic) bond motifs is 1. The number of rotatable bonds is 5. The molecular weight excluding hydrogens is 352 g/mol. The van der Waals surface area contributed by atoms with Crippen molar-refractivity contribution in [3.05, 3.63) is 89.9 Å². The van der Waals surface area contributed by atoms with Crippen LogP contribution in [-0.2, 0) is 6.54 Å². The van der Waals surface area contributed by atoms with Crippen LogP contribution in [0.5, 0.6) is 0 Å². The summed E-state index contributed by atoms with van der Waals surface area (Å²) in [5, 5.41) is 12.1. The summed E-state index contributed by atoms with van der Waals surface area (Å²) in [7, 11) is 0. The predicted octanol–water partition coefficient (Wildman–Crippen LogP) is 4.04. The van der Waals surface area contributed by atoms with Gasteiger partial charge in [0.25, 0.3) is 5.91 Å². The number of benzene rings is 2. The maximum Gasteiger partial charge on any atom is 0.274 e. The SMILES string of the molecule is Cc1ccc(-c2cc(NCc3ccc(C(=O)NO)cc3)c3nccn3c2)cc1. The number of aromatic nitrogens is 2. The number of pyridine rings is 1. The van der Waals surface area contributed by atoms with Crippen LogP contribution in [0.4, 0.5) is 5.69 Å². The number of hydroxylamine groups is 1. The second kappa shape index (κ2) is 7.54. The first-order valence-corrected chi connectivity index (χ1v) is 8.95. The van der Waals surface area contributed by atoms with Crippen molar-refractivity contribution in [1.29, 1.82) is 0 Å². The smallest absolute Gasteiger partial charge is 0.274 e. The minimum atomic E-state index is -0.524. The fourth-order valence-corrected chi connectivity index (χ4v) is 3.10. The minimum absolute atomic E-state index is 0.406. The number of amides is 1. The van der Waals surface area contributed by atoms with Crippen LogP contribution in [0.3, 0.4) is 0 Å². The van der Waals surface area contributed by atoms with Crippen LogP contribution in [0, 0.1) is 6.92 Å². The zero-order valence-corrected chi connectivity index (χ0v) is 15.4. The molecule has 0 unspecified atom stereocenters. The average Bonchev–Trinajstić information content (AvgIpc) is 3.21. The Kier molecular flexibility index (Phi) is 4.78. The molecule has 2 aromatic carbocycles. The molecule has 2 heterocycles. The van der Waals surface area contributed by atoms with Crippen LogP contribution in [0.2, 0.25) is 0 Å². The lowest BCUT2D eigenvalue weighted by molar-refractivity contribution is 0.0706. The van der Waals surface area contributed by atoms with Crippen molar-refractivity contribution in [3.8, 4) is 11.1 Å². The highest BCUT2D eigenvalue weighted by Crippen LogP contribution is 2.26. The van der Waals surface area contributed by atoms with E-state index in [4.69, 9.17) is 5.21 Å². The van der Waals surface area contributed by atoms with Crippen LogP contribution in [0.1, 0.15) is 21.5 Å². The zero-order chi connectivity index (χ0) is 19.5. The van der Waals surface area contributed by atoms with Crippen LogP contribution in [0.15, 0.2) is 73.2 Å². The monoisotopic (exact) mass is 372 g/mol. The second-order valence-electron chi connectivity index (χ2n) is 6.66. The Balaban J connectivity index is 1.60. The molecule has 3 N–H and O–H groups in total. The first-order valence-electron chi connectivity index (χ1n) is 8.95. The molecule has 0 saturated carbocycles. The van der Waals surface area contributed by atoms with Gasteiger partial charge in [0.2, 0.25) is 0 Å². The molecule has 0 aliphatic carbocycles. The number of carbonyl (C=O) groups is 1. The van der Waals surface area contributed by atoms with E-state index in [9.17, 15) is 4.79 Å². The molecule has 0 saturated heterocycles. The van der Waals surface area contributed by atoms with E-state index >= 15 is 0 Å². The van der Waals surface area contributed by atoms with Gasteiger partial charge in [0.15, 0.2) is 5.65 Å². The Morgan fingerprint density at radius 2 is 1.82 bits per heavy atom. The lowest BCUT2D eigenvalue weighted by Crippen LogP contribution is -2.18. The van der Waals surface area contributed by atoms with Crippen molar-refractivity contribution >= 4 is 17.2 Å². The van der Waals surface area contributed by atoms with E-state index in [0.717, 1.165) is 28.0 Å². The van der Waals surface area contributed by atoms with Gasteiger partial charge in [-0.05, 0) is 36.2 Å². The molecule has 0 bridgehead atoms. The molecule has 2 aromatic heterocycles. The van der Waals surface area contributed by atoms with E-state index in [1.54, 1.807) is 23.8 Å². The van der Waals surface area contributed by atoms with Crippen molar-refractivity contribution in [2.24, 2.45) is 0 Å². The molecule has 140 valence electrons. The van der Waals surface area contributed by atoms with E-state index in [1.807, 2.05) is 22.7 Å². The van der Waals surface area contributed by atoms with Crippen molar-refractivity contribution < 1.29 is 10.0 Å². The number of hydrogen-bond acceptors (Lipinski definition) is 4. The molecule has 6 nitrogen and oxygen atoms in total. The molecule has 0 atom stereocenters. The van der Waals surface area contributed by atoms with Gasteiger partial charge in [-0.1, -0.05) is 42.0 Å². The Hall–Kier alpha value is -3.64. The number of nitrogens with zero attached hydrogens (tertiary/aromatic N) is 2. The lowest BCUT2D eigenvalue weighted by Gasteiger charge is -2.12. The fraction of sp³-hybridized carbons (Fsp3) is 0.0909. The summed E-state index contributed by atoms with van der Waals surface area (Å²) in [4.78, 5) is 15.9. The summed E-state index contributed by atoms with van der Waals surface area (Å²) in [6.45, 7) is 2.66. The highest BCUT2D eigenvalue weighted by Gasteiger charge is 2.08. The second-order valence-corrected chi connectivity index (χ2v) is 6.66. The van der Waals surface area contributed by atoms with Gasteiger partial charge in [-0.25, -0.2) is 10.5 Å². The van der Waals surface area contributed by atoms with Crippen molar-refractivity contribution in [2.45, 2.75) is 13.5 Å². The summed E-state index contributed by atoms with van der Waals surface area (Å²) in [5.41, 5.74) is 8.31. The topological polar surface area (TPSA) is 78.7 Å². The van der Waals surface area contributed by atoms with E-state index in [2.05, 4.69) is 53.8 Å². The predicted molar refractivity (Wildman–Crippen MR) is 108 cm³/mol. The van der Waals surface area contributed by atoms with Crippen molar-refractivity contribution in [2.75, 3.05) is 5.32 Å². The number of imidazole rings is 1. The third-order valence-electron chi connectivity index (χ3n) is 4.67. The van der Waals surface area contributed by atoms with Crippen LogP contribution in [0.25, 0.3) is 16.8 Å². The van der Waals surface area contributed by atoms with E-state index in [1.165, 1.54) is 5.56 Å². The van der Waals surface area contributed by atoms with E-state index in [-0.39, 0.29) is 0 Å². The van der Waals surface area contributed by atoms with E-state index in [0.29, 0.717) is 12.1 Å². The highest BCUT2D eigenvalue weighted by atomic mass is 16.5. The number of hydrogen-bond donors (Lipinski definition) is 3. The molecule has 4 aromatic rings. The molecule has 1 amide bonds. The first kappa shape index (κ1) is 17.8. The van der Waals surface area contributed by atoms with Gasteiger partial charge in [-0.3, -0.25) is 10.0 Å². The largest absolute Gasteiger partial charge is 0.378 e. The number of aryl methyl sites for hydroxylation is 1. The number of anilines is 1. The van der Waals surface area contributed by atoms with Crippen LogP contribution in [-0.4, -0.2) is 20.5 Å². The third kappa shape index (κ3) is 3.58. The molecule has 28 heavy (non-hydrogen) atoms. The number of nitrogens with one attached hydrogen (secondary N) is 2. The summed E-state index contributed by atoms with van der Waals surface area (Å²) < 4.78 is 2.01. The fourth-order valence-electron chi connectivity index (χ4n) is 3.10. The van der Waals surface area contributed by atoms with Gasteiger partial charge < -0.3 is 9.72 Å². The zero-order valence-electron chi connectivity index (χ0n) is 15.4. The summed E-state index contributed by atoms with van der Waals surface area (Å²) >= 11 is 0. The Labute approximate surface area is 162 Å². The average molecular weight is 372 g/mol. The lowest BCUT2D eigenvalue weighted by atomic mass is 10.1. The third-order valence-corrected chi connectivity index (χ3v) is 4.67. The molecule has 0 aliphatic rings. The molecule has 4 rings (SSSR count). The molecule has 6 heteroatoms. The summed E-state index contributed by atoms with van der Waals surface area (Å²) in [6.07, 6.45) is 5.78. The first-order chi connectivity index (χ1) is 13.6. The molecule has 0 radical (unpaired) electrons. The van der Waals surface area contributed by atoms with Crippen molar-refractivity contribution in [1.82, 2.24) is 14.9 Å². The summed E-state index contributed by atoms with van der Waals surface area (Å²) in [6, 6.07) is 17.6. The maximum atomic E-state index is 11.4. The minimum Gasteiger partial charge on any atom is -0.378 e. The Morgan fingerprint density at radius 1 is 1.07 bits per heavy atom. The van der Waals surface area contributed by atoms with E-state index < -0.39 is 5.91 Å². The molecule has 0 spiro atoms. The van der Waals surface area contributed by atoms with Gasteiger partial charge >= 0.3 is 0 Å².